The molecular weight excluding hydrogens is 312 g/mol. The summed E-state index contributed by atoms with van der Waals surface area (Å²) in [6.07, 6.45) is 2.67. The molecule has 9 heteroatoms. The van der Waals surface area contributed by atoms with Crippen molar-refractivity contribution in [1.29, 1.82) is 0 Å². The van der Waals surface area contributed by atoms with Gasteiger partial charge < -0.3 is 15.0 Å². The SMILES string of the molecule is CCOC(=O)Nc1cn(CC(=O)Nc2ccc3[nH]ccc3c2)nn1. The third kappa shape index (κ3) is 3.69. The van der Waals surface area contributed by atoms with Crippen LogP contribution in [0.3, 0.4) is 0 Å². The number of nitrogens with zero attached hydrogens (tertiary/aromatic N) is 3. The highest BCUT2D eigenvalue weighted by Crippen LogP contribution is 2.17. The van der Waals surface area contributed by atoms with Crippen molar-refractivity contribution in [3.05, 3.63) is 36.7 Å². The van der Waals surface area contributed by atoms with E-state index >= 15 is 0 Å². The smallest absolute Gasteiger partial charge is 0.412 e. The number of hydrogen-bond donors (Lipinski definition) is 3. The highest BCUT2D eigenvalue weighted by Gasteiger charge is 2.09. The van der Waals surface area contributed by atoms with Gasteiger partial charge in [0.15, 0.2) is 5.82 Å². The zero-order valence-electron chi connectivity index (χ0n) is 12.9. The van der Waals surface area contributed by atoms with E-state index in [0.717, 1.165) is 10.9 Å². The summed E-state index contributed by atoms with van der Waals surface area (Å²) in [4.78, 5) is 26.4. The number of ether oxygens (including phenoxy) is 1. The molecule has 0 spiro atoms. The summed E-state index contributed by atoms with van der Waals surface area (Å²) in [5.41, 5.74) is 1.69. The van der Waals surface area contributed by atoms with Gasteiger partial charge in [0.05, 0.1) is 12.8 Å². The molecule has 0 fully saturated rings. The Morgan fingerprint density at radius 2 is 2.17 bits per heavy atom. The summed E-state index contributed by atoms with van der Waals surface area (Å²) in [6, 6.07) is 7.50. The van der Waals surface area contributed by atoms with Crippen molar-refractivity contribution in [3.8, 4) is 0 Å². The summed E-state index contributed by atoms with van der Waals surface area (Å²) in [5, 5.41) is 13.7. The van der Waals surface area contributed by atoms with E-state index in [-0.39, 0.29) is 24.9 Å². The fraction of sp³-hybridized carbons (Fsp3) is 0.200. The molecule has 0 aliphatic carbocycles. The highest BCUT2D eigenvalue weighted by molar-refractivity contribution is 5.93. The first-order chi connectivity index (χ1) is 11.6. The molecule has 124 valence electrons. The number of anilines is 2. The molecule has 2 amide bonds. The first-order valence-electron chi connectivity index (χ1n) is 7.35. The number of aromatic amines is 1. The summed E-state index contributed by atoms with van der Waals surface area (Å²) in [5.74, 6) is -0.0348. The molecule has 3 rings (SSSR count). The molecule has 0 atom stereocenters. The summed E-state index contributed by atoms with van der Waals surface area (Å²) in [7, 11) is 0. The zero-order valence-corrected chi connectivity index (χ0v) is 12.9. The maximum Gasteiger partial charge on any atom is 0.412 e. The Hall–Kier alpha value is -3.36. The van der Waals surface area contributed by atoms with E-state index < -0.39 is 6.09 Å². The molecular formula is C15H16N6O3. The Kier molecular flexibility index (Phi) is 4.41. The molecule has 0 aliphatic rings. The van der Waals surface area contributed by atoms with Crippen molar-refractivity contribution in [2.24, 2.45) is 0 Å². The van der Waals surface area contributed by atoms with Gasteiger partial charge in [0.25, 0.3) is 0 Å². The minimum atomic E-state index is -0.617. The number of carbonyl (C=O) groups excluding carboxylic acids is 2. The topological polar surface area (TPSA) is 114 Å². The molecule has 0 aliphatic heterocycles. The number of rotatable bonds is 5. The van der Waals surface area contributed by atoms with Gasteiger partial charge in [-0.1, -0.05) is 5.21 Å². The van der Waals surface area contributed by atoms with Crippen LogP contribution in [-0.4, -0.2) is 38.6 Å². The molecule has 9 nitrogen and oxygen atoms in total. The summed E-state index contributed by atoms with van der Waals surface area (Å²) in [6.45, 7) is 1.93. The largest absolute Gasteiger partial charge is 0.450 e. The molecule has 0 unspecified atom stereocenters. The molecule has 3 aromatic rings. The second-order valence-electron chi connectivity index (χ2n) is 4.97. The van der Waals surface area contributed by atoms with Crippen molar-refractivity contribution in [3.63, 3.8) is 0 Å². The zero-order chi connectivity index (χ0) is 16.9. The standard InChI is InChI=1S/C15H16N6O3/c1-2-24-15(23)18-13-8-21(20-19-13)9-14(22)17-11-3-4-12-10(7-11)5-6-16-12/h3-8,16H,2,9H2,1H3,(H,17,22)(H,18,23). The van der Waals surface area contributed by atoms with Gasteiger partial charge in [-0.15, -0.1) is 5.10 Å². The van der Waals surface area contributed by atoms with Crippen molar-refractivity contribution in [2.75, 3.05) is 17.2 Å². The van der Waals surface area contributed by atoms with Gasteiger partial charge in [-0.3, -0.25) is 10.1 Å². The monoisotopic (exact) mass is 328 g/mol. The van der Waals surface area contributed by atoms with Crippen molar-refractivity contribution in [1.82, 2.24) is 20.0 Å². The van der Waals surface area contributed by atoms with Crippen LogP contribution in [0.5, 0.6) is 0 Å². The minimum Gasteiger partial charge on any atom is -0.450 e. The first-order valence-corrected chi connectivity index (χ1v) is 7.35. The van der Waals surface area contributed by atoms with Crippen molar-refractivity contribution >= 4 is 34.4 Å². The Morgan fingerprint density at radius 3 is 3.00 bits per heavy atom. The number of carbonyl (C=O) groups is 2. The molecule has 3 N–H and O–H groups in total. The Morgan fingerprint density at radius 1 is 1.29 bits per heavy atom. The minimum absolute atomic E-state index is 0.0251. The second-order valence-corrected chi connectivity index (χ2v) is 4.97. The number of amides is 2. The Bertz CT molecular complexity index is 869. The predicted octanol–water partition coefficient (Wildman–Crippen LogP) is 1.97. The summed E-state index contributed by atoms with van der Waals surface area (Å²) >= 11 is 0. The molecule has 0 radical (unpaired) electrons. The lowest BCUT2D eigenvalue weighted by atomic mass is 10.2. The van der Waals surface area contributed by atoms with Crippen LogP contribution in [-0.2, 0) is 16.1 Å². The Balaban J connectivity index is 1.58. The van der Waals surface area contributed by atoms with Gasteiger partial charge >= 0.3 is 6.09 Å². The fourth-order valence-electron chi connectivity index (χ4n) is 2.18. The van der Waals surface area contributed by atoms with E-state index in [9.17, 15) is 9.59 Å². The average Bonchev–Trinajstić information content (AvgIpc) is 3.16. The predicted molar refractivity (Wildman–Crippen MR) is 87.6 cm³/mol. The van der Waals surface area contributed by atoms with Crippen LogP contribution in [0.2, 0.25) is 0 Å². The van der Waals surface area contributed by atoms with Gasteiger partial charge in [-0.25, -0.2) is 9.48 Å². The lowest BCUT2D eigenvalue weighted by Crippen LogP contribution is -2.19. The fourth-order valence-corrected chi connectivity index (χ4v) is 2.18. The van der Waals surface area contributed by atoms with E-state index in [1.165, 1.54) is 10.9 Å². The third-order valence-corrected chi connectivity index (χ3v) is 3.19. The normalized spacial score (nSPS) is 10.5. The second kappa shape index (κ2) is 6.82. The number of aromatic nitrogens is 4. The van der Waals surface area contributed by atoms with Crippen molar-refractivity contribution < 1.29 is 14.3 Å². The van der Waals surface area contributed by atoms with E-state index in [1.54, 1.807) is 6.92 Å². The number of H-pyrrole nitrogens is 1. The van der Waals surface area contributed by atoms with Gasteiger partial charge in [0.2, 0.25) is 5.91 Å². The van der Waals surface area contributed by atoms with E-state index in [4.69, 9.17) is 4.74 Å². The van der Waals surface area contributed by atoms with Gasteiger partial charge in [0, 0.05) is 22.8 Å². The molecule has 0 bridgehead atoms. The van der Waals surface area contributed by atoms with Crippen LogP contribution in [0.15, 0.2) is 36.7 Å². The Labute approximate surface area is 137 Å². The molecule has 0 saturated heterocycles. The van der Waals surface area contributed by atoms with Crippen LogP contribution in [0.1, 0.15) is 6.92 Å². The van der Waals surface area contributed by atoms with Gasteiger partial charge in [0.1, 0.15) is 6.54 Å². The third-order valence-electron chi connectivity index (χ3n) is 3.19. The van der Waals surface area contributed by atoms with Gasteiger partial charge in [-0.05, 0) is 31.2 Å². The van der Waals surface area contributed by atoms with Crippen LogP contribution in [0.25, 0.3) is 10.9 Å². The maximum atomic E-state index is 12.1. The lowest BCUT2D eigenvalue weighted by Gasteiger charge is -2.05. The van der Waals surface area contributed by atoms with Crippen LogP contribution in [0, 0.1) is 0 Å². The van der Waals surface area contributed by atoms with E-state index in [2.05, 4.69) is 25.9 Å². The highest BCUT2D eigenvalue weighted by atomic mass is 16.5. The molecule has 1 aromatic carbocycles. The molecule has 2 aromatic heterocycles. The van der Waals surface area contributed by atoms with Gasteiger partial charge in [-0.2, -0.15) is 0 Å². The van der Waals surface area contributed by atoms with Crippen LogP contribution >= 0.6 is 0 Å². The average molecular weight is 328 g/mol. The number of nitrogens with one attached hydrogen (secondary N) is 3. The summed E-state index contributed by atoms with van der Waals surface area (Å²) < 4.78 is 6.06. The van der Waals surface area contributed by atoms with Crippen molar-refractivity contribution in [2.45, 2.75) is 13.5 Å². The van der Waals surface area contributed by atoms with E-state index in [1.807, 2.05) is 30.5 Å². The van der Waals surface area contributed by atoms with Crippen LogP contribution < -0.4 is 10.6 Å². The number of hydrogen-bond acceptors (Lipinski definition) is 5. The first kappa shape index (κ1) is 15.5. The van der Waals surface area contributed by atoms with Crippen LogP contribution in [0.4, 0.5) is 16.3 Å². The molecule has 2 heterocycles. The number of benzene rings is 1. The molecule has 0 saturated carbocycles. The van der Waals surface area contributed by atoms with E-state index in [0.29, 0.717) is 5.69 Å². The maximum absolute atomic E-state index is 12.1. The molecule has 24 heavy (non-hydrogen) atoms. The number of fused-ring (bicyclic) bond motifs is 1. The quantitative estimate of drug-likeness (QED) is 0.662. The lowest BCUT2D eigenvalue weighted by molar-refractivity contribution is -0.116.